The lowest BCUT2D eigenvalue weighted by atomic mass is 10.4. The van der Waals surface area contributed by atoms with E-state index in [1.54, 1.807) is 10.9 Å². The van der Waals surface area contributed by atoms with Gasteiger partial charge in [-0.15, -0.1) is 5.10 Å². The molecular weight excluding hydrogens is 144 g/mol. The zero-order valence-corrected chi connectivity index (χ0v) is 5.96. The normalized spacial score (nSPS) is 10.6. The van der Waals surface area contributed by atoms with E-state index in [0.717, 1.165) is 5.65 Å². The minimum absolute atomic E-state index is 0.119. The number of H-pyrrole nitrogens is 2. The van der Waals surface area contributed by atoms with Crippen LogP contribution in [0.4, 0.5) is 0 Å². The molecule has 0 aliphatic rings. The molecule has 0 amide bonds. The highest BCUT2D eigenvalue weighted by Gasteiger charge is 2.07. The third-order valence-electron chi connectivity index (χ3n) is 1.61. The van der Waals surface area contributed by atoms with Gasteiger partial charge in [-0.05, 0) is 0 Å². The van der Waals surface area contributed by atoms with Crippen molar-refractivity contribution in [3.05, 3.63) is 22.9 Å². The van der Waals surface area contributed by atoms with Crippen molar-refractivity contribution in [3.63, 3.8) is 0 Å². The summed E-state index contributed by atoms with van der Waals surface area (Å²) in [6, 6.07) is 0. The maximum absolute atomic E-state index is 11.1. The zero-order chi connectivity index (χ0) is 7.84. The summed E-state index contributed by atoms with van der Waals surface area (Å²) in [7, 11) is 1.83. The fourth-order valence-corrected chi connectivity index (χ4v) is 1.01. The van der Waals surface area contributed by atoms with E-state index in [0.29, 0.717) is 5.39 Å². The largest absolute Gasteiger partial charge is 0.319 e. The lowest BCUT2D eigenvalue weighted by Gasteiger charge is -1.88. The second-order valence-corrected chi connectivity index (χ2v) is 2.35. The molecule has 2 aromatic rings. The summed E-state index contributed by atoms with van der Waals surface area (Å²) < 4.78 is 1.77. The van der Waals surface area contributed by atoms with Gasteiger partial charge in [0.05, 0.1) is 13.2 Å². The zero-order valence-electron chi connectivity index (χ0n) is 5.96. The first-order valence-corrected chi connectivity index (χ1v) is 3.19. The van der Waals surface area contributed by atoms with E-state index in [4.69, 9.17) is 0 Å². The fraction of sp³-hybridized carbons (Fsp3) is 0.167. The number of rotatable bonds is 0. The molecule has 2 heterocycles. The summed E-state index contributed by atoms with van der Waals surface area (Å²) in [5.74, 6) is 0. The molecule has 2 N–H and O–H groups in total. The lowest BCUT2D eigenvalue weighted by Crippen LogP contribution is -2.32. The highest BCUT2D eigenvalue weighted by Crippen LogP contribution is 1.94. The Hall–Kier alpha value is -1.65. The maximum Gasteiger partial charge on any atom is 0.319 e. The van der Waals surface area contributed by atoms with Crippen LogP contribution in [0.25, 0.3) is 11.0 Å². The Morgan fingerprint density at radius 1 is 1.64 bits per heavy atom. The number of hydrogen-bond acceptors (Lipinski definition) is 2. The van der Waals surface area contributed by atoms with E-state index in [2.05, 4.69) is 15.2 Å². The van der Waals surface area contributed by atoms with Crippen molar-refractivity contribution in [2.24, 2.45) is 7.05 Å². The molecule has 0 unspecified atom stereocenters. The summed E-state index contributed by atoms with van der Waals surface area (Å²) in [6.07, 6.45) is 3.09. The van der Waals surface area contributed by atoms with Crippen LogP contribution < -0.4 is 10.1 Å². The quantitative estimate of drug-likeness (QED) is 0.478. The van der Waals surface area contributed by atoms with Crippen molar-refractivity contribution in [2.75, 3.05) is 0 Å². The van der Waals surface area contributed by atoms with Crippen LogP contribution in [0, 0.1) is 0 Å². The van der Waals surface area contributed by atoms with Crippen molar-refractivity contribution in [2.45, 2.75) is 0 Å². The molecular formula is C6H7N4O+. The van der Waals surface area contributed by atoms with Crippen LogP contribution >= 0.6 is 0 Å². The van der Waals surface area contributed by atoms with Crippen LogP contribution in [0.1, 0.15) is 0 Å². The molecule has 5 nitrogen and oxygen atoms in total. The van der Waals surface area contributed by atoms with Crippen LogP contribution in [0.5, 0.6) is 0 Å². The van der Waals surface area contributed by atoms with Crippen LogP contribution in [0.2, 0.25) is 0 Å². The Balaban J connectivity index is 3.08. The second kappa shape index (κ2) is 1.91. The van der Waals surface area contributed by atoms with E-state index in [9.17, 15) is 4.79 Å². The number of aromatic amines is 2. The van der Waals surface area contributed by atoms with Crippen LogP contribution in [0.3, 0.4) is 0 Å². The molecule has 56 valence electrons. The van der Waals surface area contributed by atoms with Gasteiger partial charge < -0.3 is 0 Å². The Morgan fingerprint density at radius 2 is 2.45 bits per heavy atom. The van der Waals surface area contributed by atoms with E-state index < -0.39 is 0 Å². The summed E-state index contributed by atoms with van der Waals surface area (Å²) in [5, 5.41) is 7.06. The molecule has 0 bridgehead atoms. The van der Waals surface area contributed by atoms with E-state index >= 15 is 0 Å². The minimum Gasteiger partial charge on any atom is -0.250 e. The molecule has 0 saturated carbocycles. The molecule has 0 fully saturated rings. The smallest absolute Gasteiger partial charge is 0.250 e. The fourth-order valence-electron chi connectivity index (χ4n) is 1.01. The van der Waals surface area contributed by atoms with Gasteiger partial charge in [0.25, 0.3) is 5.65 Å². The average Bonchev–Trinajstić information content (AvgIpc) is 2.45. The molecule has 0 atom stereocenters. The molecule has 0 spiro atoms. The molecule has 5 heteroatoms. The molecule has 2 rings (SSSR count). The summed E-state index contributed by atoms with van der Waals surface area (Å²) in [5.41, 5.74) is 0.612. The lowest BCUT2D eigenvalue weighted by molar-refractivity contribution is -0.650. The van der Waals surface area contributed by atoms with Gasteiger partial charge in [0.1, 0.15) is 0 Å². The second-order valence-electron chi connectivity index (χ2n) is 2.35. The predicted octanol–water partition coefficient (Wildman–Crippen LogP) is -0.924. The standard InChI is InChI=1S/C6H6N4O/c1-10-3-7-6(11)4-2-8-9-5(4)10/h2-3H,1H3,(H,8,9,11)/p+1. The third kappa shape index (κ3) is 0.739. The summed E-state index contributed by atoms with van der Waals surface area (Å²) >= 11 is 0. The first-order valence-electron chi connectivity index (χ1n) is 3.19. The van der Waals surface area contributed by atoms with Crippen molar-refractivity contribution in [1.82, 2.24) is 15.2 Å². The van der Waals surface area contributed by atoms with Crippen molar-refractivity contribution in [1.29, 1.82) is 0 Å². The van der Waals surface area contributed by atoms with Crippen LogP contribution in [0.15, 0.2) is 17.3 Å². The molecule has 0 aromatic carbocycles. The molecule has 0 aliphatic carbocycles. The number of aromatic nitrogens is 4. The van der Waals surface area contributed by atoms with Crippen LogP contribution in [-0.4, -0.2) is 15.2 Å². The van der Waals surface area contributed by atoms with Crippen molar-refractivity contribution >= 4 is 11.0 Å². The summed E-state index contributed by atoms with van der Waals surface area (Å²) in [6.45, 7) is 0. The first kappa shape index (κ1) is 6.09. The predicted molar refractivity (Wildman–Crippen MR) is 37.9 cm³/mol. The first-order chi connectivity index (χ1) is 5.29. The Kier molecular flexibility index (Phi) is 1.06. The van der Waals surface area contributed by atoms with E-state index in [-0.39, 0.29) is 5.56 Å². The number of aryl methyl sites for hydroxylation is 1. The molecule has 0 saturated heterocycles. The maximum atomic E-state index is 11.1. The Labute approximate surface area is 61.7 Å². The van der Waals surface area contributed by atoms with Gasteiger partial charge in [-0.3, -0.25) is 4.79 Å². The third-order valence-corrected chi connectivity index (χ3v) is 1.61. The van der Waals surface area contributed by atoms with Gasteiger partial charge in [0.2, 0.25) is 0 Å². The van der Waals surface area contributed by atoms with Crippen molar-refractivity contribution < 1.29 is 4.57 Å². The molecule has 2 aromatic heterocycles. The SMILES string of the molecule is C[n+]1c[nH]c(=O)c2cn[nH]c21. The van der Waals surface area contributed by atoms with Crippen molar-refractivity contribution in [3.8, 4) is 0 Å². The summed E-state index contributed by atoms with van der Waals surface area (Å²) in [4.78, 5) is 13.6. The average molecular weight is 151 g/mol. The van der Waals surface area contributed by atoms with Gasteiger partial charge in [-0.1, -0.05) is 0 Å². The van der Waals surface area contributed by atoms with Gasteiger partial charge in [-0.25, -0.2) is 9.55 Å². The topological polar surface area (TPSA) is 65.4 Å². The number of nitrogens with zero attached hydrogens (tertiary/aromatic N) is 2. The van der Waals surface area contributed by atoms with E-state index in [1.807, 2.05) is 7.05 Å². The van der Waals surface area contributed by atoms with Gasteiger partial charge in [0, 0.05) is 0 Å². The number of nitrogens with one attached hydrogen (secondary N) is 2. The Bertz CT molecular complexity index is 441. The Morgan fingerprint density at radius 3 is 3.18 bits per heavy atom. The molecule has 0 aliphatic heterocycles. The number of hydrogen-bond donors (Lipinski definition) is 2. The highest BCUT2D eigenvalue weighted by molar-refractivity contribution is 5.68. The van der Waals surface area contributed by atoms with Gasteiger partial charge >= 0.3 is 5.56 Å². The molecule has 11 heavy (non-hydrogen) atoms. The number of fused-ring (bicyclic) bond motifs is 1. The van der Waals surface area contributed by atoms with Gasteiger partial charge in [0.15, 0.2) is 11.7 Å². The van der Waals surface area contributed by atoms with E-state index in [1.165, 1.54) is 6.20 Å². The van der Waals surface area contributed by atoms with Gasteiger partial charge in [-0.2, -0.15) is 5.10 Å². The monoisotopic (exact) mass is 151 g/mol. The minimum atomic E-state index is -0.119. The van der Waals surface area contributed by atoms with Crippen LogP contribution in [-0.2, 0) is 7.05 Å². The highest BCUT2D eigenvalue weighted by atomic mass is 16.1. The molecule has 0 radical (unpaired) electrons.